The van der Waals surface area contributed by atoms with Gasteiger partial charge in [-0.15, -0.1) is 10.2 Å². The SMILES string of the molecule is COc1ccccc1NC(=O)CSc1nnc2[nH]c(=O)c(-c3ccc(Cl)cc3)nn12. The van der Waals surface area contributed by atoms with Crippen LogP contribution in [0.5, 0.6) is 5.75 Å². The lowest BCUT2D eigenvalue weighted by molar-refractivity contribution is -0.113. The van der Waals surface area contributed by atoms with Gasteiger partial charge in [-0.2, -0.15) is 9.61 Å². The maximum Gasteiger partial charge on any atom is 0.279 e. The summed E-state index contributed by atoms with van der Waals surface area (Å²) < 4.78 is 6.62. The number of ether oxygens (including phenoxy) is 1. The van der Waals surface area contributed by atoms with Crippen LogP contribution in [0.2, 0.25) is 5.02 Å². The Morgan fingerprint density at radius 3 is 2.73 bits per heavy atom. The van der Waals surface area contributed by atoms with Crippen molar-refractivity contribution in [1.29, 1.82) is 0 Å². The van der Waals surface area contributed by atoms with Gasteiger partial charge in [0, 0.05) is 10.6 Å². The van der Waals surface area contributed by atoms with Crippen LogP contribution < -0.4 is 15.6 Å². The number of para-hydroxylation sites is 2. The van der Waals surface area contributed by atoms with Gasteiger partial charge in [0.05, 0.1) is 18.6 Å². The number of carbonyl (C=O) groups is 1. The molecule has 11 heteroatoms. The van der Waals surface area contributed by atoms with Crippen molar-refractivity contribution in [3.63, 3.8) is 0 Å². The van der Waals surface area contributed by atoms with Crippen molar-refractivity contribution in [2.24, 2.45) is 0 Å². The minimum atomic E-state index is -0.400. The fourth-order valence-corrected chi connectivity index (χ4v) is 3.50. The quantitative estimate of drug-likeness (QED) is 0.441. The highest BCUT2D eigenvalue weighted by Crippen LogP contribution is 2.24. The van der Waals surface area contributed by atoms with Crippen LogP contribution in [0, 0.1) is 0 Å². The molecule has 1 amide bonds. The van der Waals surface area contributed by atoms with Gasteiger partial charge in [-0.1, -0.05) is 47.6 Å². The number of H-pyrrole nitrogens is 1. The number of fused-ring (bicyclic) bond motifs is 1. The molecule has 4 aromatic rings. The van der Waals surface area contributed by atoms with Crippen molar-refractivity contribution >= 4 is 40.7 Å². The number of rotatable bonds is 6. The Morgan fingerprint density at radius 2 is 1.97 bits per heavy atom. The molecule has 30 heavy (non-hydrogen) atoms. The first-order valence-electron chi connectivity index (χ1n) is 8.72. The molecule has 152 valence electrons. The van der Waals surface area contributed by atoms with Gasteiger partial charge in [-0.3, -0.25) is 14.6 Å². The number of amides is 1. The van der Waals surface area contributed by atoms with E-state index in [2.05, 4.69) is 25.6 Å². The van der Waals surface area contributed by atoms with E-state index in [1.54, 1.807) is 42.5 Å². The number of aromatic amines is 1. The lowest BCUT2D eigenvalue weighted by Crippen LogP contribution is -2.16. The van der Waals surface area contributed by atoms with Gasteiger partial charge in [0.2, 0.25) is 11.1 Å². The molecule has 0 aliphatic carbocycles. The second kappa shape index (κ2) is 8.56. The van der Waals surface area contributed by atoms with Gasteiger partial charge in [0.1, 0.15) is 5.75 Å². The van der Waals surface area contributed by atoms with Crippen LogP contribution in [-0.4, -0.2) is 43.6 Å². The lowest BCUT2D eigenvalue weighted by atomic mass is 10.2. The van der Waals surface area contributed by atoms with Crippen LogP contribution in [0.3, 0.4) is 0 Å². The molecule has 2 heterocycles. The number of aromatic nitrogens is 5. The molecule has 0 fully saturated rings. The van der Waals surface area contributed by atoms with Crippen molar-refractivity contribution < 1.29 is 9.53 Å². The fourth-order valence-electron chi connectivity index (χ4n) is 2.69. The molecule has 0 aliphatic heterocycles. The van der Waals surface area contributed by atoms with Crippen molar-refractivity contribution in [3.05, 3.63) is 63.9 Å². The Bertz CT molecular complexity index is 1270. The van der Waals surface area contributed by atoms with Crippen molar-refractivity contribution in [3.8, 4) is 17.0 Å². The van der Waals surface area contributed by atoms with Crippen molar-refractivity contribution in [1.82, 2.24) is 24.8 Å². The molecule has 2 aromatic carbocycles. The lowest BCUT2D eigenvalue weighted by Gasteiger charge is -2.09. The van der Waals surface area contributed by atoms with Gasteiger partial charge in [0.25, 0.3) is 11.3 Å². The number of thioether (sulfide) groups is 1. The van der Waals surface area contributed by atoms with Gasteiger partial charge in [-0.05, 0) is 24.3 Å². The maximum absolute atomic E-state index is 12.4. The Labute approximate surface area is 179 Å². The molecule has 0 unspecified atom stereocenters. The first-order valence-corrected chi connectivity index (χ1v) is 10.1. The summed E-state index contributed by atoms with van der Waals surface area (Å²) >= 11 is 7.05. The van der Waals surface area contributed by atoms with Gasteiger partial charge in [0.15, 0.2) is 5.69 Å². The van der Waals surface area contributed by atoms with Crippen molar-refractivity contribution in [2.45, 2.75) is 5.16 Å². The van der Waals surface area contributed by atoms with E-state index in [0.717, 1.165) is 11.8 Å². The summed E-state index contributed by atoms with van der Waals surface area (Å²) in [6.45, 7) is 0. The van der Waals surface area contributed by atoms with Gasteiger partial charge < -0.3 is 10.1 Å². The van der Waals surface area contributed by atoms with Crippen LogP contribution in [0.1, 0.15) is 0 Å². The third-order valence-corrected chi connectivity index (χ3v) is 5.25. The molecule has 0 atom stereocenters. The highest BCUT2D eigenvalue weighted by Gasteiger charge is 2.15. The average Bonchev–Trinajstić information content (AvgIpc) is 3.14. The number of carbonyl (C=O) groups excluding carboxylic acids is 1. The number of anilines is 1. The summed E-state index contributed by atoms with van der Waals surface area (Å²) in [6.07, 6.45) is 0. The topological polar surface area (TPSA) is 114 Å². The van der Waals surface area contributed by atoms with Crippen LogP contribution in [0.25, 0.3) is 17.0 Å². The Kier molecular flexibility index (Phi) is 5.68. The molecular formula is C19H15ClN6O3S. The minimum absolute atomic E-state index is 0.0654. The molecule has 2 aromatic heterocycles. The summed E-state index contributed by atoms with van der Waals surface area (Å²) in [6, 6.07) is 13.9. The highest BCUT2D eigenvalue weighted by atomic mass is 35.5. The summed E-state index contributed by atoms with van der Waals surface area (Å²) in [5.41, 5.74) is 0.965. The fraction of sp³-hybridized carbons (Fsp3) is 0.105. The third kappa shape index (κ3) is 4.14. The molecule has 0 saturated carbocycles. The van der Waals surface area contributed by atoms with E-state index in [1.165, 1.54) is 11.6 Å². The molecule has 0 bridgehead atoms. The zero-order valence-corrected chi connectivity index (χ0v) is 17.2. The van der Waals surface area contributed by atoms with Crippen molar-refractivity contribution in [2.75, 3.05) is 18.2 Å². The monoisotopic (exact) mass is 442 g/mol. The molecular weight excluding hydrogens is 428 g/mol. The molecule has 0 saturated heterocycles. The third-order valence-electron chi connectivity index (χ3n) is 4.08. The summed E-state index contributed by atoms with van der Waals surface area (Å²) in [5.74, 6) is 0.570. The Balaban J connectivity index is 1.54. The zero-order valence-electron chi connectivity index (χ0n) is 15.6. The number of halogens is 1. The largest absolute Gasteiger partial charge is 0.495 e. The van der Waals surface area contributed by atoms with Crippen LogP contribution in [-0.2, 0) is 4.79 Å². The molecule has 0 spiro atoms. The summed E-state index contributed by atoms with van der Waals surface area (Å²) in [5, 5.41) is 16.0. The second-order valence-corrected chi connectivity index (χ2v) is 7.44. The molecule has 0 aliphatic rings. The number of nitrogens with zero attached hydrogens (tertiary/aromatic N) is 4. The highest BCUT2D eigenvalue weighted by molar-refractivity contribution is 7.99. The van der Waals surface area contributed by atoms with E-state index in [-0.39, 0.29) is 23.1 Å². The number of hydrogen-bond acceptors (Lipinski definition) is 7. The Morgan fingerprint density at radius 1 is 1.20 bits per heavy atom. The van der Waals surface area contributed by atoms with Crippen LogP contribution >= 0.6 is 23.4 Å². The first kappa shape index (κ1) is 19.9. The number of nitrogens with one attached hydrogen (secondary N) is 2. The predicted octanol–water partition coefficient (Wildman–Crippen LogP) is 2.87. The summed E-state index contributed by atoms with van der Waals surface area (Å²) in [4.78, 5) is 27.3. The van der Waals surface area contributed by atoms with Gasteiger partial charge in [-0.25, -0.2) is 0 Å². The van der Waals surface area contributed by atoms with Gasteiger partial charge >= 0.3 is 0 Å². The van der Waals surface area contributed by atoms with E-state index in [9.17, 15) is 9.59 Å². The predicted molar refractivity (Wildman–Crippen MR) is 114 cm³/mol. The standard InChI is InChI=1S/C19H15ClN6O3S/c1-29-14-5-3-2-4-13(14)21-15(27)10-30-19-24-23-18-22-17(28)16(25-26(18)19)11-6-8-12(20)9-7-11/h2-9H,10H2,1H3,(H,21,27)(H,22,23,28). The molecule has 9 nitrogen and oxygen atoms in total. The summed E-state index contributed by atoms with van der Waals surface area (Å²) in [7, 11) is 1.53. The number of methoxy groups -OCH3 is 1. The smallest absolute Gasteiger partial charge is 0.279 e. The molecule has 0 radical (unpaired) electrons. The Hall–Kier alpha value is -3.37. The van der Waals surface area contributed by atoms with E-state index in [0.29, 0.717) is 27.2 Å². The number of hydrogen-bond donors (Lipinski definition) is 2. The zero-order chi connectivity index (χ0) is 21.1. The van der Waals surface area contributed by atoms with Crippen LogP contribution in [0.4, 0.5) is 5.69 Å². The molecule has 4 rings (SSSR count). The normalized spacial score (nSPS) is 10.9. The second-order valence-electron chi connectivity index (χ2n) is 6.06. The minimum Gasteiger partial charge on any atom is -0.495 e. The average molecular weight is 443 g/mol. The number of benzene rings is 2. The van der Waals surface area contributed by atoms with E-state index < -0.39 is 5.56 Å². The van der Waals surface area contributed by atoms with E-state index >= 15 is 0 Å². The maximum atomic E-state index is 12.4. The van der Waals surface area contributed by atoms with Crippen LogP contribution in [0.15, 0.2) is 58.5 Å². The van der Waals surface area contributed by atoms with E-state index in [4.69, 9.17) is 16.3 Å². The first-order chi connectivity index (χ1) is 14.5. The molecule has 2 N–H and O–H groups in total. The van der Waals surface area contributed by atoms with E-state index in [1.807, 2.05) is 6.07 Å².